The lowest BCUT2D eigenvalue weighted by atomic mass is 10.0. The molecule has 5 rings (SSSR count). The van der Waals surface area contributed by atoms with Crippen LogP contribution in [-0.2, 0) is 13.1 Å². The van der Waals surface area contributed by atoms with Gasteiger partial charge in [0.1, 0.15) is 0 Å². The molecule has 4 heterocycles. The van der Waals surface area contributed by atoms with Gasteiger partial charge >= 0.3 is 5.69 Å². The van der Waals surface area contributed by atoms with Crippen molar-refractivity contribution in [2.24, 2.45) is 0 Å². The average Bonchev–Trinajstić information content (AvgIpc) is 3.39. The molecule has 0 aliphatic heterocycles. The largest absolute Gasteiger partial charge is 0.348 e. The third-order valence-electron chi connectivity index (χ3n) is 4.79. The predicted octanol–water partition coefficient (Wildman–Crippen LogP) is 3.59. The molecule has 0 atom stereocenters. The van der Waals surface area contributed by atoms with Crippen molar-refractivity contribution >= 4 is 27.9 Å². The van der Waals surface area contributed by atoms with Crippen LogP contribution in [0.3, 0.4) is 0 Å². The summed E-state index contributed by atoms with van der Waals surface area (Å²) in [4.78, 5) is 16.7. The molecule has 4 aromatic heterocycles. The number of aromatic amines is 1. The molecule has 0 aliphatic carbocycles. The highest BCUT2D eigenvalue weighted by atomic mass is 32.1. The molecule has 0 amide bonds. The fourth-order valence-electron chi connectivity index (χ4n) is 3.44. The molecule has 0 saturated heterocycles. The fourth-order valence-corrected chi connectivity index (χ4v) is 4.11. The first-order valence-electron chi connectivity index (χ1n) is 8.95. The summed E-state index contributed by atoms with van der Waals surface area (Å²) in [5, 5.41) is 15.4. The molecule has 0 aliphatic rings. The molecule has 0 spiro atoms. The van der Waals surface area contributed by atoms with Gasteiger partial charge in [0.25, 0.3) is 0 Å². The summed E-state index contributed by atoms with van der Waals surface area (Å²) >= 11 is 1.66. The maximum atomic E-state index is 12.3. The van der Waals surface area contributed by atoms with Gasteiger partial charge < -0.3 is 5.32 Å². The normalized spacial score (nSPS) is 11.4. The minimum atomic E-state index is -0.226. The Kier molecular flexibility index (Phi) is 4.23. The molecule has 0 bridgehead atoms. The van der Waals surface area contributed by atoms with Gasteiger partial charge in [-0.3, -0.25) is 4.98 Å². The van der Waals surface area contributed by atoms with Gasteiger partial charge in [-0.25, -0.2) is 14.3 Å². The van der Waals surface area contributed by atoms with Gasteiger partial charge in [-0.05, 0) is 57.8 Å². The van der Waals surface area contributed by atoms with Gasteiger partial charge in [-0.1, -0.05) is 18.2 Å². The minimum Gasteiger partial charge on any atom is -0.307 e. The van der Waals surface area contributed by atoms with Gasteiger partial charge in [-0.15, -0.1) is 0 Å². The number of thiophene rings is 1. The van der Waals surface area contributed by atoms with Crippen LogP contribution in [0.5, 0.6) is 0 Å². The van der Waals surface area contributed by atoms with Gasteiger partial charge in [0, 0.05) is 24.7 Å². The highest BCUT2D eigenvalue weighted by Crippen LogP contribution is 2.28. The molecule has 0 saturated carbocycles. The Morgan fingerprint density at radius 3 is 2.86 bits per heavy atom. The van der Waals surface area contributed by atoms with Crippen LogP contribution >= 0.6 is 11.3 Å². The Labute approximate surface area is 164 Å². The van der Waals surface area contributed by atoms with Gasteiger partial charge in [0.05, 0.1) is 11.2 Å². The Bertz CT molecular complexity index is 1310. The molecule has 0 unspecified atom stereocenters. The second-order valence-corrected chi connectivity index (χ2v) is 7.34. The fraction of sp³-hybridized carbons (Fsp3) is 0.0952. The molecule has 138 valence electrons. The number of nitrogens with zero attached hydrogens (tertiary/aromatic N) is 3. The van der Waals surface area contributed by atoms with Crippen molar-refractivity contribution in [3.8, 4) is 11.1 Å². The van der Waals surface area contributed by atoms with Gasteiger partial charge in [0.15, 0.2) is 5.65 Å². The van der Waals surface area contributed by atoms with Gasteiger partial charge in [0.2, 0.25) is 0 Å². The zero-order valence-electron chi connectivity index (χ0n) is 14.9. The average molecular weight is 387 g/mol. The van der Waals surface area contributed by atoms with Crippen LogP contribution in [0.25, 0.3) is 27.7 Å². The predicted molar refractivity (Wildman–Crippen MR) is 111 cm³/mol. The third-order valence-corrected chi connectivity index (χ3v) is 5.47. The van der Waals surface area contributed by atoms with Crippen molar-refractivity contribution in [1.82, 2.24) is 24.9 Å². The maximum Gasteiger partial charge on any atom is 0.348 e. The van der Waals surface area contributed by atoms with Crippen LogP contribution in [0, 0.1) is 0 Å². The standard InChI is InChI=1S/C21H17N5OS/c27-21-25-24-20-10-16(11-22-12-17-3-1-2-7-23-17)18-5-4-14(9-19(18)26(20)21)15-6-8-28-13-15/h1-10,13,22H,11-12H2,(H,25,27). The summed E-state index contributed by atoms with van der Waals surface area (Å²) in [5.74, 6) is 0. The quantitative estimate of drug-likeness (QED) is 0.483. The van der Waals surface area contributed by atoms with Crippen LogP contribution in [0.4, 0.5) is 0 Å². The molecule has 0 fully saturated rings. The van der Waals surface area contributed by atoms with E-state index in [1.165, 1.54) is 0 Å². The lowest BCUT2D eigenvalue weighted by molar-refractivity contribution is 0.682. The van der Waals surface area contributed by atoms with Crippen molar-refractivity contribution in [1.29, 1.82) is 0 Å². The third kappa shape index (κ3) is 3.00. The number of benzene rings is 1. The summed E-state index contributed by atoms with van der Waals surface area (Å²) < 4.78 is 1.63. The molecule has 7 heteroatoms. The topological polar surface area (TPSA) is 75.1 Å². The van der Waals surface area contributed by atoms with Crippen molar-refractivity contribution < 1.29 is 0 Å². The summed E-state index contributed by atoms with van der Waals surface area (Å²) in [5.41, 5.74) is 5.56. The lowest BCUT2D eigenvalue weighted by Gasteiger charge is -2.11. The molecular formula is C21H17N5OS. The number of fused-ring (bicyclic) bond motifs is 3. The molecule has 6 nitrogen and oxygen atoms in total. The second kappa shape index (κ2) is 7.03. The van der Waals surface area contributed by atoms with Gasteiger partial charge in [-0.2, -0.15) is 16.4 Å². The number of nitrogens with one attached hydrogen (secondary N) is 2. The summed E-state index contributed by atoms with van der Waals surface area (Å²) in [6.45, 7) is 1.33. The number of rotatable bonds is 5. The monoisotopic (exact) mass is 387 g/mol. The molecule has 5 aromatic rings. The number of H-pyrrole nitrogens is 1. The minimum absolute atomic E-state index is 0.226. The number of hydrogen-bond acceptors (Lipinski definition) is 5. The summed E-state index contributed by atoms with van der Waals surface area (Å²) in [7, 11) is 0. The molecule has 1 aromatic carbocycles. The van der Waals surface area contributed by atoms with Crippen LogP contribution in [-0.4, -0.2) is 19.6 Å². The number of hydrogen-bond donors (Lipinski definition) is 2. The van der Waals surface area contributed by atoms with E-state index in [-0.39, 0.29) is 5.69 Å². The Hall–Kier alpha value is -3.29. The SMILES string of the molecule is O=c1[nH]nc2cc(CNCc3ccccn3)c3ccc(-c4ccsc4)cc3n12. The Morgan fingerprint density at radius 1 is 1.07 bits per heavy atom. The first kappa shape index (κ1) is 16.9. The molecular weight excluding hydrogens is 370 g/mol. The first-order chi connectivity index (χ1) is 13.8. The van der Waals surface area contributed by atoms with E-state index in [2.05, 4.69) is 55.5 Å². The van der Waals surface area contributed by atoms with E-state index < -0.39 is 0 Å². The number of pyridine rings is 2. The first-order valence-corrected chi connectivity index (χ1v) is 9.90. The highest BCUT2D eigenvalue weighted by molar-refractivity contribution is 7.08. The van der Waals surface area contributed by atoms with E-state index in [0.717, 1.165) is 33.3 Å². The van der Waals surface area contributed by atoms with E-state index in [1.54, 1.807) is 21.9 Å². The van der Waals surface area contributed by atoms with Crippen LogP contribution in [0.2, 0.25) is 0 Å². The summed E-state index contributed by atoms with van der Waals surface area (Å²) in [6.07, 6.45) is 1.79. The molecule has 2 N–H and O–H groups in total. The van der Waals surface area contributed by atoms with E-state index in [4.69, 9.17) is 0 Å². The zero-order chi connectivity index (χ0) is 18.9. The van der Waals surface area contributed by atoms with E-state index in [9.17, 15) is 4.79 Å². The van der Waals surface area contributed by atoms with E-state index >= 15 is 0 Å². The molecule has 28 heavy (non-hydrogen) atoms. The van der Waals surface area contributed by atoms with E-state index in [1.807, 2.05) is 24.3 Å². The highest BCUT2D eigenvalue weighted by Gasteiger charge is 2.12. The zero-order valence-corrected chi connectivity index (χ0v) is 15.7. The molecule has 0 radical (unpaired) electrons. The maximum absolute atomic E-state index is 12.3. The Balaban J connectivity index is 1.57. The van der Waals surface area contributed by atoms with Crippen LogP contribution < -0.4 is 11.0 Å². The van der Waals surface area contributed by atoms with Crippen molar-refractivity contribution in [3.63, 3.8) is 0 Å². The summed E-state index contributed by atoms with van der Waals surface area (Å²) in [6, 6.07) is 16.2. The lowest BCUT2D eigenvalue weighted by Crippen LogP contribution is -2.15. The van der Waals surface area contributed by atoms with Crippen molar-refractivity contribution in [3.05, 3.63) is 87.2 Å². The van der Waals surface area contributed by atoms with Crippen LogP contribution in [0.1, 0.15) is 11.3 Å². The van der Waals surface area contributed by atoms with Crippen molar-refractivity contribution in [2.75, 3.05) is 0 Å². The number of aromatic nitrogens is 4. The smallest absolute Gasteiger partial charge is 0.307 e. The van der Waals surface area contributed by atoms with Crippen molar-refractivity contribution in [2.45, 2.75) is 13.1 Å². The second-order valence-electron chi connectivity index (χ2n) is 6.56. The van der Waals surface area contributed by atoms with E-state index in [0.29, 0.717) is 18.7 Å². The van der Waals surface area contributed by atoms with Crippen LogP contribution in [0.15, 0.2) is 70.3 Å². The Morgan fingerprint density at radius 2 is 2.04 bits per heavy atom.